The molecule has 1 unspecified atom stereocenters. The number of halogens is 1. The second-order valence-corrected chi connectivity index (χ2v) is 5.29. The highest BCUT2D eigenvalue weighted by atomic mass is 79.9. The van der Waals surface area contributed by atoms with Crippen LogP contribution in [-0.4, -0.2) is 7.11 Å². The van der Waals surface area contributed by atoms with Gasteiger partial charge in [0, 0.05) is 22.3 Å². The number of hydrogen-bond acceptors (Lipinski definition) is 3. The van der Waals surface area contributed by atoms with E-state index in [-0.39, 0.29) is 6.04 Å². The number of anilines is 2. The van der Waals surface area contributed by atoms with Crippen LogP contribution in [0, 0.1) is 0 Å². The third-order valence-electron chi connectivity index (χ3n) is 2.97. The van der Waals surface area contributed by atoms with Gasteiger partial charge in [-0.05, 0) is 36.8 Å². The Morgan fingerprint density at radius 2 is 2.00 bits per heavy atom. The number of hydrogen-bond donors (Lipinski definition) is 2. The van der Waals surface area contributed by atoms with Crippen molar-refractivity contribution in [1.29, 1.82) is 0 Å². The van der Waals surface area contributed by atoms with Crippen molar-refractivity contribution in [2.45, 2.75) is 13.0 Å². The summed E-state index contributed by atoms with van der Waals surface area (Å²) in [5, 5.41) is 3.43. The molecule has 0 aliphatic rings. The quantitative estimate of drug-likeness (QED) is 0.829. The highest BCUT2D eigenvalue weighted by Crippen LogP contribution is 2.28. The van der Waals surface area contributed by atoms with Crippen molar-refractivity contribution < 1.29 is 4.74 Å². The molecule has 0 aliphatic carbocycles. The lowest BCUT2D eigenvalue weighted by molar-refractivity contribution is 0.417. The molecule has 3 N–H and O–H groups in total. The molecule has 1 atom stereocenters. The lowest BCUT2D eigenvalue weighted by atomic mass is 10.1. The number of methoxy groups -OCH3 is 1. The molecule has 2 rings (SSSR count). The van der Waals surface area contributed by atoms with E-state index in [0.29, 0.717) is 11.4 Å². The monoisotopic (exact) mass is 320 g/mol. The minimum absolute atomic E-state index is 0.200. The fourth-order valence-corrected chi connectivity index (χ4v) is 2.33. The van der Waals surface area contributed by atoms with Crippen molar-refractivity contribution in [3.63, 3.8) is 0 Å². The SMILES string of the molecule is COc1cc(NC(C)c2cccc(Br)c2)ccc1N. The lowest BCUT2D eigenvalue weighted by Gasteiger charge is -2.17. The Morgan fingerprint density at radius 3 is 2.68 bits per heavy atom. The van der Waals surface area contributed by atoms with Crippen LogP contribution in [0.3, 0.4) is 0 Å². The zero-order valence-corrected chi connectivity index (χ0v) is 12.6. The van der Waals surface area contributed by atoms with Gasteiger partial charge >= 0.3 is 0 Å². The van der Waals surface area contributed by atoms with Gasteiger partial charge in [0.25, 0.3) is 0 Å². The minimum atomic E-state index is 0.200. The molecule has 0 fully saturated rings. The molecule has 100 valence electrons. The number of benzene rings is 2. The second-order valence-electron chi connectivity index (χ2n) is 4.38. The van der Waals surface area contributed by atoms with Crippen molar-refractivity contribution in [3.8, 4) is 5.75 Å². The lowest BCUT2D eigenvalue weighted by Crippen LogP contribution is -2.07. The average molecular weight is 321 g/mol. The third-order valence-corrected chi connectivity index (χ3v) is 3.46. The van der Waals surface area contributed by atoms with Gasteiger partial charge in [0.2, 0.25) is 0 Å². The van der Waals surface area contributed by atoms with E-state index in [2.05, 4.69) is 40.3 Å². The summed E-state index contributed by atoms with van der Waals surface area (Å²) in [6.45, 7) is 2.12. The summed E-state index contributed by atoms with van der Waals surface area (Å²) in [5.74, 6) is 0.687. The Hall–Kier alpha value is -1.68. The molecule has 0 heterocycles. The number of nitrogens with two attached hydrogens (primary N) is 1. The smallest absolute Gasteiger partial charge is 0.143 e. The first-order valence-corrected chi connectivity index (χ1v) is 6.85. The molecule has 0 amide bonds. The van der Waals surface area contributed by atoms with Crippen LogP contribution in [0.4, 0.5) is 11.4 Å². The van der Waals surface area contributed by atoms with Gasteiger partial charge in [0.15, 0.2) is 0 Å². The van der Waals surface area contributed by atoms with Crippen LogP contribution in [0.5, 0.6) is 5.75 Å². The molecule has 0 bridgehead atoms. The molecule has 0 aromatic heterocycles. The van der Waals surface area contributed by atoms with Gasteiger partial charge in [-0.15, -0.1) is 0 Å². The first-order chi connectivity index (χ1) is 9.10. The molecule has 0 spiro atoms. The predicted molar refractivity (Wildman–Crippen MR) is 83.6 cm³/mol. The summed E-state index contributed by atoms with van der Waals surface area (Å²) < 4.78 is 6.30. The Balaban J connectivity index is 2.17. The van der Waals surface area contributed by atoms with Gasteiger partial charge in [0.05, 0.1) is 12.8 Å². The van der Waals surface area contributed by atoms with E-state index in [0.717, 1.165) is 10.2 Å². The molecule has 0 radical (unpaired) electrons. The largest absolute Gasteiger partial charge is 0.495 e. The van der Waals surface area contributed by atoms with E-state index in [4.69, 9.17) is 10.5 Å². The van der Waals surface area contributed by atoms with Crippen molar-refractivity contribution in [3.05, 3.63) is 52.5 Å². The molecule has 0 saturated carbocycles. The van der Waals surface area contributed by atoms with Crippen LogP contribution < -0.4 is 15.8 Å². The summed E-state index contributed by atoms with van der Waals surface area (Å²) in [7, 11) is 1.62. The Kier molecular flexibility index (Phi) is 4.32. The fraction of sp³-hybridized carbons (Fsp3) is 0.200. The predicted octanol–water partition coefficient (Wildman–Crippen LogP) is 4.21. The summed E-state index contributed by atoms with van der Waals surface area (Å²) in [5.41, 5.74) is 8.64. The summed E-state index contributed by atoms with van der Waals surface area (Å²) >= 11 is 3.48. The van der Waals surface area contributed by atoms with Crippen molar-refractivity contribution in [1.82, 2.24) is 0 Å². The van der Waals surface area contributed by atoms with E-state index in [1.807, 2.05) is 30.3 Å². The average Bonchev–Trinajstić information content (AvgIpc) is 2.41. The third kappa shape index (κ3) is 3.41. The van der Waals surface area contributed by atoms with E-state index < -0.39 is 0 Å². The van der Waals surface area contributed by atoms with Crippen molar-refractivity contribution in [2.75, 3.05) is 18.2 Å². The van der Waals surface area contributed by atoms with Crippen LogP contribution in [0.2, 0.25) is 0 Å². The van der Waals surface area contributed by atoms with Crippen molar-refractivity contribution >= 4 is 27.3 Å². The van der Waals surface area contributed by atoms with Gasteiger partial charge < -0.3 is 15.8 Å². The number of ether oxygens (including phenoxy) is 1. The zero-order valence-electron chi connectivity index (χ0n) is 11.0. The molecule has 19 heavy (non-hydrogen) atoms. The zero-order chi connectivity index (χ0) is 13.8. The maximum Gasteiger partial charge on any atom is 0.143 e. The maximum atomic E-state index is 5.80. The Labute approximate surface area is 121 Å². The van der Waals surface area contributed by atoms with Gasteiger partial charge in [-0.3, -0.25) is 0 Å². The van der Waals surface area contributed by atoms with E-state index >= 15 is 0 Å². The van der Waals surface area contributed by atoms with Gasteiger partial charge in [-0.25, -0.2) is 0 Å². The second kappa shape index (κ2) is 5.97. The first kappa shape index (κ1) is 13.7. The standard InChI is InChI=1S/C15H17BrN2O/c1-10(11-4-3-5-12(16)8-11)18-13-6-7-14(17)15(9-13)19-2/h3-10,18H,17H2,1-2H3. The van der Waals surface area contributed by atoms with Crippen molar-refractivity contribution in [2.24, 2.45) is 0 Å². The number of nitrogens with one attached hydrogen (secondary N) is 1. The molecule has 4 heteroatoms. The van der Waals surface area contributed by atoms with Gasteiger partial charge in [-0.1, -0.05) is 28.1 Å². The van der Waals surface area contributed by atoms with Gasteiger partial charge in [0.1, 0.15) is 5.75 Å². The maximum absolute atomic E-state index is 5.80. The first-order valence-electron chi connectivity index (χ1n) is 6.05. The Bertz CT molecular complexity index is 572. The highest BCUT2D eigenvalue weighted by molar-refractivity contribution is 9.10. The van der Waals surface area contributed by atoms with Crippen LogP contribution in [0.15, 0.2) is 46.9 Å². The van der Waals surface area contributed by atoms with Gasteiger partial charge in [-0.2, -0.15) is 0 Å². The molecule has 0 aliphatic heterocycles. The molecular formula is C15H17BrN2O. The van der Waals surface area contributed by atoms with Crippen LogP contribution in [0.25, 0.3) is 0 Å². The molecular weight excluding hydrogens is 304 g/mol. The Morgan fingerprint density at radius 1 is 1.21 bits per heavy atom. The van der Waals surface area contributed by atoms with Crippen LogP contribution in [-0.2, 0) is 0 Å². The number of nitrogen functional groups attached to an aromatic ring is 1. The van der Waals surface area contributed by atoms with E-state index in [1.165, 1.54) is 5.56 Å². The molecule has 3 nitrogen and oxygen atoms in total. The van der Waals surface area contributed by atoms with E-state index in [9.17, 15) is 0 Å². The molecule has 2 aromatic carbocycles. The molecule has 0 saturated heterocycles. The normalized spacial score (nSPS) is 11.9. The van der Waals surface area contributed by atoms with Crippen LogP contribution >= 0.6 is 15.9 Å². The topological polar surface area (TPSA) is 47.3 Å². The number of rotatable bonds is 4. The van der Waals surface area contributed by atoms with Crippen LogP contribution in [0.1, 0.15) is 18.5 Å². The van der Waals surface area contributed by atoms with E-state index in [1.54, 1.807) is 7.11 Å². The highest BCUT2D eigenvalue weighted by Gasteiger charge is 2.07. The minimum Gasteiger partial charge on any atom is -0.495 e. The molecule has 2 aromatic rings. The summed E-state index contributed by atoms with van der Waals surface area (Å²) in [6, 6.07) is 14.1. The fourth-order valence-electron chi connectivity index (χ4n) is 1.91. The summed E-state index contributed by atoms with van der Waals surface area (Å²) in [4.78, 5) is 0. The summed E-state index contributed by atoms with van der Waals surface area (Å²) in [6.07, 6.45) is 0.